The van der Waals surface area contributed by atoms with Gasteiger partial charge in [-0.05, 0) is 0 Å². The van der Waals surface area contributed by atoms with Crippen LogP contribution in [-0.4, -0.2) is 37.0 Å². The molecule has 0 aliphatic rings. The van der Waals surface area contributed by atoms with Crippen molar-refractivity contribution in [2.24, 2.45) is 0 Å². The van der Waals surface area contributed by atoms with Crippen LogP contribution in [0.5, 0.6) is 0 Å². The highest BCUT2D eigenvalue weighted by Gasteiger charge is 2.47. The average Bonchev–Trinajstić information content (AvgIpc) is 2.09. The molecule has 136 valence electrons. The molecule has 0 aliphatic heterocycles. The van der Waals surface area contributed by atoms with E-state index in [1.165, 1.54) is 0 Å². The van der Waals surface area contributed by atoms with Gasteiger partial charge in [0.25, 0.3) is 0 Å². The second-order valence-electron chi connectivity index (χ2n) is 3.66. The molecule has 22 heavy (non-hydrogen) atoms. The van der Waals surface area contributed by atoms with E-state index in [1.807, 2.05) is 0 Å². The Bertz CT molecular complexity index is 271. The molecule has 0 heterocycles. The van der Waals surface area contributed by atoms with Gasteiger partial charge < -0.3 is 0 Å². The Morgan fingerprint density at radius 2 is 0.636 bits per heavy atom. The zero-order valence-corrected chi connectivity index (χ0v) is 9.86. The van der Waals surface area contributed by atoms with Gasteiger partial charge in [-0.2, -0.15) is 52.7 Å². The summed E-state index contributed by atoms with van der Waals surface area (Å²) in [4.78, 5) is 0. The first-order valence-corrected chi connectivity index (χ1v) is 4.81. The maximum atomic E-state index is 11.6. The van der Waals surface area contributed by atoms with Crippen molar-refractivity contribution < 1.29 is 61.5 Å². The molecule has 0 aromatic carbocycles. The summed E-state index contributed by atoms with van der Waals surface area (Å²) < 4.78 is 156. The molecule has 2 unspecified atom stereocenters. The Morgan fingerprint density at radius 3 is 0.682 bits per heavy atom. The molecule has 0 saturated heterocycles. The molecule has 0 amide bonds. The van der Waals surface area contributed by atoms with Crippen molar-refractivity contribution in [3.63, 3.8) is 0 Å². The van der Waals surface area contributed by atoms with E-state index in [0.29, 0.717) is 0 Å². The predicted molar refractivity (Wildman–Crippen MR) is 43.2 cm³/mol. The van der Waals surface area contributed by atoms with Crippen LogP contribution in [0, 0.1) is 0 Å². The maximum absolute atomic E-state index is 11.6. The van der Waals surface area contributed by atoms with Gasteiger partial charge >= 0.3 is 24.7 Å². The summed E-state index contributed by atoms with van der Waals surface area (Å²) in [7, 11) is 0. The van der Waals surface area contributed by atoms with Crippen LogP contribution in [0.4, 0.5) is 61.5 Å². The topological polar surface area (TPSA) is 0 Å². The number of alkyl halides is 14. The van der Waals surface area contributed by atoms with E-state index in [4.69, 9.17) is 0 Å². The Kier molecular flexibility index (Phi) is 7.97. The van der Waals surface area contributed by atoms with Crippen molar-refractivity contribution in [1.82, 2.24) is 0 Å². The highest BCUT2D eigenvalue weighted by Crippen LogP contribution is 2.33. The zero-order chi connectivity index (χ0) is 18.6. The predicted octanol–water partition coefficient (Wildman–Crippen LogP) is 5.68. The van der Waals surface area contributed by atoms with Gasteiger partial charge in [-0.3, -0.25) is 0 Å². The highest BCUT2D eigenvalue weighted by molar-refractivity contribution is 4.70. The van der Waals surface area contributed by atoms with Crippen molar-refractivity contribution in [3.8, 4) is 0 Å². The Balaban J connectivity index is 0. The van der Waals surface area contributed by atoms with Gasteiger partial charge in [-0.25, -0.2) is 8.78 Å². The van der Waals surface area contributed by atoms with E-state index in [9.17, 15) is 61.5 Å². The molecule has 0 fully saturated rings. The fraction of sp³-hybridized carbons (Fsp3) is 1.00. The lowest BCUT2D eigenvalue weighted by Gasteiger charge is -2.13. The fourth-order valence-corrected chi connectivity index (χ4v) is 0.638. The quantitative estimate of drug-likeness (QED) is 0.551. The molecule has 0 rings (SSSR count). The molecular weight excluding hydrogens is 362 g/mol. The Hall–Kier alpha value is -0.980. The van der Waals surface area contributed by atoms with Crippen molar-refractivity contribution in [1.29, 1.82) is 0 Å². The van der Waals surface area contributed by atoms with Gasteiger partial charge in [0.2, 0.25) is 12.3 Å². The van der Waals surface area contributed by atoms with Crippen LogP contribution in [-0.2, 0) is 0 Å². The zero-order valence-electron chi connectivity index (χ0n) is 9.86. The van der Waals surface area contributed by atoms with Crippen molar-refractivity contribution in [3.05, 3.63) is 0 Å². The average molecular weight is 368 g/mol. The second-order valence-corrected chi connectivity index (χ2v) is 3.66. The molecule has 2 atom stereocenters. The van der Waals surface area contributed by atoms with E-state index < -0.39 is 49.9 Å². The van der Waals surface area contributed by atoms with E-state index >= 15 is 0 Å². The summed E-state index contributed by atoms with van der Waals surface area (Å²) in [6.07, 6.45) is -33.7. The first-order valence-electron chi connectivity index (χ1n) is 4.81. The third kappa shape index (κ3) is 14.0. The summed E-state index contributed by atoms with van der Waals surface area (Å²) in [6, 6.07) is 0. The van der Waals surface area contributed by atoms with E-state index in [-0.39, 0.29) is 0 Å². The first-order chi connectivity index (χ1) is 9.26. The van der Waals surface area contributed by atoms with Crippen molar-refractivity contribution in [2.75, 3.05) is 0 Å². The van der Waals surface area contributed by atoms with Crippen LogP contribution in [0.25, 0.3) is 0 Å². The lowest BCUT2D eigenvalue weighted by Crippen LogP contribution is -2.29. The first kappa shape index (κ1) is 23.3. The smallest absolute Gasteiger partial charge is 0.237 e. The third-order valence-corrected chi connectivity index (χ3v) is 1.53. The van der Waals surface area contributed by atoms with Gasteiger partial charge in [-0.1, -0.05) is 0 Å². The van der Waals surface area contributed by atoms with Gasteiger partial charge in [0.15, 0.2) is 0 Å². The summed E-state index contributed by atoms with van der Waals surface area (Å²) in [5, 5.41) is 0. The molecule has 0 nitrogen and oxygen atoms in total. The van der Waals surface area contributed by atoms with Gasteiger partial charge in [0, 0.05) is 0 Å². The monoisotopic (exact) mass is 368 g/mol. The van der Waals surface area contributed by atoms with Crippen LogP contribution in [0.3, 0.4) is 0 Å². The van der Waals surface area contributed by atoms with Crippen LogP contribution in [0.1, 0.15) is 12.8 Å². The lowest BCUT2D eigenvalue weighted by molar-refractivity contribution is -0.222. The fourth-order valence-electron chi connectivity index (χ4n) is 0.638. The molecule has 0 aliphatic carbocycles. The molecule has 0 N–H and O–H groups in total. The molecule has 14 heteroatoms. The third-order valence-electron chi connectivity index (χ3n) is 1.53. The van der Waals surface area contributed by atoms with Crippen molar-refractivity contribution in [2.45, 2.75) is 49.9 Å². The molecule has 0 aromatic heterocycles. The molecular formula is C8H6F14. The van der Waals surface area contributed by atoms with Crippen molar-refractivity contribution >= 4 is 0 Å². The van der Waals surface area contributed by atoms with Crippen LogP contribution in [0.2, 0.25) is 0 Å². The van der Waals surface area contributed by atoms with Crippen LogP contribution in [0.15, 0.2) is 0 Å². The van der Waals surface area contributed by atoms with Gasteiger partial charge in [-0.15, -0.1) is 0 Å². The normalized spacial score (nSPS) is 16.6. The van der Waals surface area contributed by atoms with E-state index in [1.54, 1.807) is 0 Å². The SMILES string of the molecule is FC(CC(F)(F)F)C(F)(F)F.FC(CC(F)(F)F)C(F)(F)F. The Morgan fingerprint density at radius 1 is 0.455 bits per heavy atom. The standard InChI is InChI=1S/2C4H3F7/c2*5-2(4(9,10)11)1-3(6,7)8/h2*2H,1H2. The minimum atomic E-state index is -5.42. The number of halogens is 14. The summed E-state index contributed by atoms with van der Waals surface area (Å²) >= 11 is 0. The molecule has 0 bridgehead atoms. The van der Waals surface area contributed by atoms with E-state index in [2.05, 4.69) is 0 Å². The van der Waals surface area contributed by atoms with Crippen LogP contribution >= 0.6 is 0 Å². The summed E-state index contributed by atoms with van der Waals surface area (Å²) in [6.45, 7) is 0. The summed E-state index contributed by atoms with van der Waals surface area (Å²) in [5.74, 6) is 0. The lowest BCUT2D eigenvalue weighted by atomic mass is 10.2. The molecule has 0 spiro atoms. The number of hydrogen-bond acceptors (Lipinski definition) is 0. The second kappa shape index (κ2) is 7.53. The minimum absolute atomic E-state index is 2.48. The highest BCUT2D eigenvalue weighted by atomic mass is 19.4. The van der Waals surface area contributed by atoms with Crippen LogP contribution < -0.4 is 0 Å². The minimum Gasteiger partial charge on any atom is -0.237 e. The Labute approximate surface area is 113 Å². The largest absolute Gasteiger partial charge is 0.419 e. The van der Waals surface area contributed by atoms with Gasteiger partial charge in [0.1, 0.15) is 0 Å². The van der Waals surface area contributed by atoms with E-state index in [0.717, 1.165) is 0 Å². The van der Waals surface area contributed by atoms with Gasteiger partial charge in [0.05, 0.1) is 12.8 Å². The number of hydrogen-bond donors (Lipinski definition) is 0. The molecule has 0 radical (unpaired) electrons. The molecule has 0 saturated carbocycles. The number of rotatable bonds is 2. The molecule has 0 aromatic rings. The maximum Gasteiger partial charge on any atom is 0.419 e. The summed E-state index contributed by atoms with van der Waals surface area (Å²) in [5.41, 5.74) is 0.